The minimum atomic E-state index is 0.376. The van der Waals surface area contributed by atoms with Crippen LogP contribution in [0.15, 0.2) is 6.07 Å². The number of ether oxygens (including phenoxy) is 2. The summed E-state index contributed by atoms with van der Waals surface area (Å²) in [5, 5.41) is 4.26. The number of halogens is 1. The summed E-state index contributed by atoms with van der Waals surface area (Å²) in [7, 11) is 3.28. The number of hydrogen-bond acceptors (Lipinski definition) is 3. The van der Waals surface area contributed by atoms with E-state index in [-0.39, 0.29) is 0 Å². The first-order valence-corrected chi connectivity index (χ1v) is 7.27. The summed E-state index contributed by atoms with van der Waals surface area (Å²) in [6, 6.07) is 2.45. The van der Waals surface area contributed by atoms with Crippen LogP contribution < -0.4 is 14.8 Å². The molecule has 106 valence electrons. The van der Waals surface area contributed by atoms with E-state index in [1.54, 1.807) is 14.2 Å². The quantitative estimate of drug-likeness (QED) is 0.913. The lowest BCUT2D eigenvalue weighted by Gasteiger charge is -2.27. The fourth-order valence-electron chi connectivity index (χ4n) is 2.80. The molecule has 1 fully saturated rings. The molecule has 0 aromatic heterocycles. The van der Waals surface area contributed by atoms with Crippen molar-refractivity contribution in [1.29, 1.82) is 0 Å². The zero-order chi connectivity index (χ0) is 13.8. The van der Waals surface area contributed by atoms with Gasteiger partial charge in [-0.3, -0.25) is 0 Å². The SMILES string of the molecule is CCc1c(C2CCCCN2)cc(OC)c(OC)c1Cl. The minimum Gasteiger partial charge on any atom is -0.493 e. The number of methoxy groups -OCH3 is 2. The summed E-state index contributed by atoms with van der Waals surface area (Å²) in [5.41, 5.74) is 2.42. The Morgan fingerprint density at radius 3 is 2.63 bits per heavy atom. The fourth-order valence-corrected chi connectivity index (χ4v) is 3.21. The zero-order valence-electron chi connectivity index (χ0n) is 11.9. The van der Waals surface area contributed by atoms with Gasteiger partial charge in [0.1, 0.15) is 0 Å². The number of rotatable bonds is 4. The third kappa shape index (κ3) is 2.82. The number of benzene rings is 1. The molecule has 1 heterocycles. The van der Waals surface area contributed by atoms with Gasteiger partial charge in [-0.25, -0.2) is 0 Å². The van der Waals surface area contributed by atoms with E-state index in [9.17, 15) is 0 Å². The molecule has 0 aliphatic carbocycles. The van der Waals surface area contributed by atoms with Crippen molar-refractivity contribution in [2.75, 3.05) is 20.8 Å². The first-order valence-electron chi connectivity index (χ1n) is 6.89. The second-order valence-electron chi connectivity index (χ2n) is 4.85. The molecule has 1 atom stereocenters. The highest BCUT2D eigenvalue weighted by Crippen LogP contribution is 2.42. The molecule has 1 unspecified atom stereocenters. The lowest BCUT2D eigenvalue weighted by atomic mass is 9.92. The van der Waals surface area contributed by atoms with Crippen molar-refractivity contribution in [3.63, 3.8) is 0 Å². The van der Waals surface area contributed by atoms with Crippen molar-refractivity contribution in [1.82, 2.24) is 5.32 Å². The van der Waals surface area contributed by atoms with E-state index < -0.39 is 0 Å². The van der Waals surface area contributed by atoms with Crippen LogP contribution >= 0.6 is 11.6 Å². The highest BCUT2D eigenvalue weighted by Gasteiger charge is 2.23. The molecule has 0 amide bonds. The number of hydrogen-bond donors (Lipinski definition) is 1. The summed E-state index contributed by atoms with van der Waals surface area (Å²) in [6.45, 7) is 3.19. The molecule has 1 aromatic rings. The van der Waals surface area contributed by atoms with Gasteiger partial charge in [0.25, 0.3) is 0 Å². The summed E-state index contributed by atoms with van der Waals surface area (Å²) < 4.78 is 10.8. The van der Waals surface area contributed by atoms with Gasteiger partial charge < -0.3 is 14.8 Å². The van der Waals surface area contributed by atoms with Crippen molar-refractivity contribution >= 4 is 11.6 Å². The van der Waals surface area contributed by atoms with Crippen LogP contribution in [-0.2, 0) is 6.42 Å². The molecule has 19 heavy (non-hydrogen) atoms. The second-order valence-corrected chi connectivity index (χ2v) is 5.23. The molecular weight excluding hydrogens is 262 g/mol. The Hall–Kier alpha value is -0.930. The van der Waals surface area contributed by atoms with E-state index in [0.717, 1.165) is 19.4 Å². The maximum absolute atomic E-state index is 6.48. The Bertz CT molecular complexity index is 442. The van der Waals surface area contributed by atoms with Crippen LogP contribution in [0.1, 0.15) is 43.4 Å². The lowest BCUT2D eigenvalue weighted by Crippen LogP contribution is -2.27. The Morgan fingerprint density at radius 1 is 1.32 bits per heavy atom. The van der Waals surface area contributed by atoms with E-state index in [2.05, 4.69) is 18.3 Å². The molecule has 3 nitrogen and oxygen atoms in total. The van der Waals surface area contributed by atoms with Crippen LogP contribution in [0.5, 0.6) is 11.5 Å². The van der Waals surface area contributed by atoms with Gasteiger partial charge in [-0.15, -0.1) is 0 Å². The van der Waals surface area contributed by atoms with Gasteiger partial charge in [0, 0.05) is 6.04 Å². The highest BCUT2D eigenvalue weighted by atomic mass is 35.5. The third-order valence-electron chi connectivity index (χ3n) is 3.79. The van der Waals surface area contributed by atoms with E-state index in [0.29, 0.717) is 22.6 Å². The molecule has 0 bridgehead atoms. The minimum absolute atomic E-state index is 0.376. The number of piperidine rings is 1. The predicted molar refractivity (Wildman–Crippen MR) is 78.5 cm³/mol. The van der Waals surface area contributed by atoms with Crippen LogP contribution in [0, 0.1) is 0 Å². The predicted octanol–water partition coefficient (Wildman–Crippen LogP) is 3.73. The normalized spacial score (nSPS) is 19.3. The van der Waals surface area contributed by atoms with E-state index in [1.807, 2.05) is 0 Å². The Kier molecular flexibility index (Phi) is 4.94. The maximum atomic E-state index is 6.48. The van der Waals surface area contributed by atoms with Gasteiger partial charge in [-0.05, 0) is 43.0 Å². The Labute approximate surface area is 120 Å². The Balaban J connectivity index is 2.49. The smallest absolute Gasteiger partial charge is 0.179 e. The molecule has 1 aliphatic rings. The molecule has 1 aliphatic heterocycles. The van der Waals surface area contributed by atoms with Crippen molar-refractivity contribution in [3.8, 4) is 11.5 Å². The van der Waals surface area contributed by atoms with Crippen molar-refractivity contribution in [3.05, 3.63) is 22.2 Å². The molecule has 1 N–H and O–H groups in total. The van der Waals surface area contributed by atoms with Crippen molar-refractivity contribution in [2.24, 2.45) is 0 Å². The van der Waals surface area contributed by atoms with Crippen LogP contribution in [0.25, 0.3) is 0 Å². The standard InChI is InChI=1S/C15H22ClNO2/c1-4-10-11(12-7-5-6-8-17-12)9-13(18-2)15(19-3)14(10)16/h9,12,17H,4-8H2,1-3H3. The monoisotopic (exact) mass is 283 g/mol. The summed E-state index contributed by atoms with van der Waals surface area (Å²) >= 11 is 6.48. The number of nitrogens with one attached hydrogen (secondary N) is 1. The molecule has 0 saturated carbocycles. The van der Waals surface area contributed by atoms with Gasteiger partial charge in [-0.2, -0.15) is 0 Å². The first kappa shape index (κ1) is 14.5. The molecule has 2 rings (SSSR count). The van der Waals surface area contributed by atoms with E-state index in [1.165, 1.54) is 24.0 Å². The largest absolute Gasteiger partial charge is 0.493 e. The molecule has 1 aromatic carbocycles. The fraction of sp³-hybridized carbons (Fsp3) is 0.600. The topological polar surface area (TPSA) is 30.5 Å². The molecule has 0 spiro atoms. The second kappa shape index (κ2) is 6.49. The van der Waals surface area contributed by atoms with Crippen LogP contribution in [0.4, 0.5) is 0 Å². The average Bonchev–Trinajstić information content (AvgIpc) is 2.47. The van der Waals surface area contributed by atoms with Crippen molar-refractivity contribution < 1.29 is 9.47 Å². The third-order valence-corrected chi connectivity index (χ3v) is 4.19. The highest BCUT2D eigenvalue weighted by molar-refractivity contribution is 6.33. The van der Waals surface area contributed by atoms with E-state index >= 15 is 0 Å². The molecule has 0 radical (unpaired) electrons. The summed E-state index contributed by atoms with van der Waals surface area (Å²) in [6.07, 6.45) is 4.55. The van der Waals surface area contributed by atoms with Crippen molar-refractivity contribution in [2.45, 2.75) is 38.6 Å². The van der Waals surface area contributed by atoms with E-state index in [4.69, 9.17) is 21.1 Å². The van der Waals surface area contributed by atoms with Gasteiger partial charge in [0.15, 0.2) is 11.5 Å². The van der Waals surface area contributed by atoms with Crippen LogP contribution in [0.2, 0.25) is 5.02 Å². The summed E-state index contributed by atoms with van der Waals surface area (Å²) in [5.74, 6) is 1.35. The Morgan fingerprint density at radius 2 is 2.11 bits per heavy atom. The van der Waals surface area contributed by atoms with Gasteiger partial charge >= 0.3 is 0 Å². The summed E-state index contributed by atoms with van der Waals surface area (Å²) in [4.78, 5) is 0. The van der Waals surface area contributed by atoms with Gasteiger partial charge in [-0.1, -0.05) is 24.9 Å². The molecule has 1 saturated heterocycles. The lowest BCUT2D eigenvalue weighted by molar-refractivity contribution is 0.351. The van der Waals surface area contributed by atoms with Gasteiger partial charge in [0.05, 0.1) is 19.2 Å². The zero-order valence-corrected chi connectivity index (χ0v) is 12.6. The average molecular weight is 284 g/mol. The van der Waals surface area contributed by atoms with Crippen LogP contribution in [0.3, 0.4) is 0 Å². The molecule has 4 heteroatoms. The van der Waals surface area contributed by atoms with Crippen LogP contribution in [-0.4, -0.2) is 20.8 Å². The van der Waals surface area contributed by atoms with Gasteiger partial charge in [0.2, 0.25) is 0 Å². The molecular formula is C15H22ClNO2. The first-order chi connectivity index (χ1) is 9.22. The maximum Gasteiger partial charge on any atom is 0.179 e.